The zero-order valence-corrected chi connectivity index (χ0v) is 11.8. The Kier molecular flexibility index (Phi) is 4.61. The maximum absolute atomic E-state index is 11.5. The van der Waals surface area contributed by atoms with E-state index in [9.17, 15) is 9.59 Å². The van der Waals surface area contributed by atoms with Crippen molar-refractivity contribution in [3.63, 3.8) is 0 Å². The molecule has 0 aliphatic carbocycles. The van der Waals surface area contributed by atoms with E-state index in [4.69, 9.17) is 4.42 Å². The van der Waals surface area contributed by atoms with Crippen molar-refractivity contribution < 1.29 is 18.7 Å². The highest BCUT2D eigenvalue weighted by Crippen LogP contribution is 2.15. The number of esters is 1. The number of rotatable bonds is 5. The molecule has 6 heteroatoms. The molecule has 0 saturated heterocycles. The second kappa shape index (κ2) is 6.60. The van der Waals surface area contributed by atoms with E-state index in [1.807, 2.05) is 0 Å². The van der Waals surface area contributed by atoms with E-state index >= 15 is 0 Å². The lowest BCUT2D eigenvalue weighted by Gasteiger charge is -2.07. The molecule has 0 fully saturated rings. The number of anilines is 1. The third kappa shape index (κ3) is 3.42. The second-order valence-corrected chi connectivity index (χ2v) is 4.28. The third-order valence-electron chi connectivity index (χ3n) is 2.97. The summed E-state index contributed by atoms with van der Waals surface area (Å²) in [7, 11) is 2.89. The van der Waals surface area contributed by atoms with Crippen molar-refractivity contribution >= 4 is 17.6 Å². The molecule has 2 N–H and O–H groups in total. The Labute approximate surface area is 122 Å². The summed E-state index contributed by atoms with van der Waals surface area (Å²) in [5.74, 6) is -0.455. The molecule has 110 valence electrons. The zero-order valence-electron chi connectivity index (χ0n) is 11.8. The van der Waals surface area contributed by atoms with Crippen LogP contribution in [0.4, 0.5) is 5.69 Å². The van der Waals surface area contributed by atoms with Gasteiger partial charge in [-0.05, 0) is 30.3 Å². The first-order valence-corrected chi connectivity index (χ1v) is 6.36. The molecule has 0 unspecified atom stereocenters. The Bertz CT molecular complexity index is 631. The van der Waals surface area contributed by atoms with Gasteiger partial charge in [-0.2, -0.15) is 0 Å². The number of methoxy groups -OCH3 is 1. The van der Waals surface area contributed by atoms with E-state index < -0.39 is 5.97 Å². The summed E-state index contributed by atoms with van der Waals surface area (Å²) < 4.78 is 9.74. The molecule has 1 heterocycles. The highest BCUT2D eigenvalue weighted by molar-refractivity contribution is 5.94. The van der Waals surface area contributed by atoms with Crippen LogP contribution in [0.3, 0.4) is 0 Å². The second-order valence-electron chi connectivity index (χ2n) is 4.28. The van der Waals surface area contributed by atoms with E-state index in [0.29, 0.717) is 17.7 Å². The first-order valence-electron chi connectivity index (χ1n) is 6.36. The van der Waals surface area contributed by atoms with Crippen molar-refractivity contribution in [1.29, 1.82) is 0 Å². The average molecular weight is 288 g/mol. The minimum absolute atomic E-state index is 0.135. The van der Waals surface area contributed by atoms with Gasteiger partial charge in [0, 0.05) is 30.4 Å². The van der Waals surface area contributed by atoms with Gasteiger partial charge in [-0.25, -0.2) is 4.79 Å². The normalized spacial score (nSPS) is 10.0. The minimum atomic E-state index is -0.508. The molecule has 0 aliphatic heterocycles. The maximum Gasteiger partial charge on any atom is 0.374 e. The first-order chi connectivity index (χ1) is 10.2. The monoisotopic (exact) mass is 288 g/mol. The summed E-state index contributed by atoms with van der Waals surface area (Å²) in [5, 5.41) is 5.71. The molecule has 0 aliphatic rings. The van der Waals surface area contributed by atoms with Crippen LogP contribution in [0.5, 0.6) is 0 Å². The molecule has 0 saturated carbocycles. The van der Waals surface area contributed by atoms with E-state index in [1.165, 1.54) is 13.4 Å². The average Bonchev–Trinajstić information content (AvgIpc) is 3.00. The molecular formula is C15H16N2O4. The summed E-state index contributed by atoms with van der Waals surface area (Å²) in [5.41, 5.74) is 2.12. The van der Waals surface area contributed by atoms with Crippen LogP contribution in [0.1, 0.15) is 26.5 Å². The van der Waals surface area contributed by atoms with Crippen LogP contribution in [0.2, 0.25) is 0 Å². The van der Waals surface area contributed by atoms with Gasteiger partial charge in [0.2, 0.25) is 5.76 Å². The summed E-state index contributed by atoms with van der Waals surface area (Å²) in [6.45, 7) is 0.417. The first kappa shape index (κ1) is 14.6. The van der Waals surface area contributed by atoms with Crippen LogP contribution < -0.4 is 10.6 Å². The SMILES string of the molecule is CNC(=O)c1ccc(NCc2ccoc2C(=O)OC)cc1. The summed E-state index contributed by atoms with van der Waals surface area (Å²) in [4.78, 5) is 22.9. The quantitative estimate of drug-likeness (QED) is 0.823. The predicted octanol–water partition coefficient (Wildman–Crippen LogP) is 2.04. The molecule has 1 aromatic heterocycles. The van der Waals surface area contributed by atoms with Crippen LogP contribution in [-0.4, -0.2) is 26.0 Å². The minimum Gasteiger partial charge on any atom is -0.463 e. The largest absolute Gasteiger partial charge is 0.463 e. The molecule has 21 heavy (non-hydrogen) atoms. The Balaban J connectivity index is 2.02. The van der Waals surface area contributed by atoms with E-state index in [2.05, 4.69) is 15.4 Å². The highest BCUT2D eigenvalue weighted by Gasteiger charge is 2.15. The smallest absolute Gasteiger partial charge is 0.374 e. The number of hydrogen-bond donors (Lipinski definition) is 2. The number of benzene rings is 1. The number of furan rings is 1. The van der Waals surface area contributed by atoms with Crippen LogP contribution in [-0.2, 0) is 11.3 Å². The van der Waals surface area contributed by atoms with Crippen molar-refractivity contribution in [1.82, 2.24) is 5.32 Å². The van der Waals surface area contributed by atoms with Gasteiger partial charge in [0.15, 0.2) is 0 Å². The van der Waals surface area contributed by atoms with E-state index in [1.54, 1.807) is 37.4 Å². The van der Waals surface area contributed by atoms with Gasteiger partial charge in [0.1, 0.15) is 0 Å². The number of nitrogens with one attached hydrogen (secondary N) is 2. The lowest BCUT2D eigenvalue weighted by molar-refractivity contribution is 0.0563. The molecule has 0 radical (unpaired) electrons. The van der Waals surface area contributed by atoms with Gasteiger partial charge >= 0.3 is 5.97 Å². The third-order valence-corrected chi connectivity index (χ3v) is 2.97. The van der Waals surface area contributed by atoms with Gasteiger partial charge in [0.05, 0.1) is 13.4 Å². The van der Waals surface area contributed by atoms with Crippen molar-refractivity contribution in [3.05, 3.63) is 53.5 Å². The summed E-state index contributed by atoms with van der Waals surface area (Å²) >= 11 is 0. The van der Waals surface area contributed by atoms with Gasteiger partial charge in [-0.3, -0.25) is 4.79 Å². The molecule has 1 aromatic carbocycles. The van der Waals surface area contributed by atoms with Crippen molar-refractivity contribution in [3.8, 4) is 0 Å². The Morgan fingerprint density at radius 3 is 2.52 bits per heavy atom. The number of carbonyl (C=O) groups excluding carboxylic acids is 2. The van der Waals surface area contributed by atoms with E-state index in [0.717, 1.165) is 5.69 Å². The summed E-state index contributed by atoms with van der Waals surface area (Å²) in [6.07, 6.45) is 1.44. The molecule has 0 atom stereocenters. The number of carbonyl (C=O) groups is 2. The number of ether oxygens (including phenoxy) is 1. The molecular weight excluding hydrogens is 272 g/mol. The van der Waals surface area contributed by atoms with Crippen molar-refractivity contribution in [2.45, 2.75) is 6.54 Å². The fourth-order valence-corrected chi connectivity index (χ4v) is 1.83. The predicted molar refractivity (Wildman–Crippen MR) is 77.2 cm³/mol. The van der Waals surface area contributed by atoms with Gasteiger partial charge < -0.3 is 19.8 Å². The molecule has 6 nitrogen and oxygen atoms in total. The van der Waals surface area contributed by atoms with Crippen molar-refractivity contribution in [2.24, 2.45) is 0 Å². The fraction of sp³-hybridized carbons (Fsp3) is 0.200. The fourth-order valence-electron chi connectivity index (χ4n) is 1.83. The van der Waals surface area contributed by atoms with Gasteiger partial charge in [0.25, 0.3) is 5.91 Å². The van der Waals surface area contributed by atoms with Crippen molar-refractivity contribution in [2.75, 3.05) is 19.5 Å². The maximum atomic E-state index is 11.5. The highest BCUT2D eigenvalue weighted by atomic mass is 16.5. The van der Waals surface area contributed by atoms with Crippen LogP contribution >= 0.6 is 0 Å². The van der Waals surface area contributed by atoms with Gasteiger partial charge in [-0.15, -0.1) is 0 Å². The Hall–Kier alpha value is -2.76. The molecule has 0 bridgehead atoms. The van der Waals surface area contributed by atoms with Crippen LogP contribution in [0.25, 0.3) is 0 Å². The topological polar surface area (TPSA) is 80.6 Å². The lowest BCUT2D eigenvalue weighted by Crippen LogP contribution is -2.17. The number of amides is 1. The lowest BCUT2D eigenvalue weighted by atomic mass is 10.2. The standard InChI is InChI=1S/C15H16N2O4/c1-16-14(18)10-3-5-12(6-4-10)17-9-11-7-8-21-13(11)15(19)20-2/h3-8,17H,9H2,1-2H3,(H,16,18). The molecule has 1 amide bonds. The summed E-state index contributed by atoms with van der Waals surface area (Å²) in [6, 6.07) is 8.73. The Morgan fingerprint density at radius 1 is 1.19 bits per heavy atom. The molecule has 2 rings (SSSR count). The van der Waals surface area contributed by atoms with Gasteiger partial charge in [-0.1, -0.05) is 0 Å². The number of hydrogen-bond acceptors (Lipinski definition) is 5. The Morgan fingerprint density at radius 2 is 1.90 bits per heavy atom. The van der Waals surface area contributed by atoms with E-state index in [-0.39, 0.29) is 11.7 Å². The van der Waals surface area contributed by atoms with Crippen LogP contribution in [0, 0.1) is 0 Å². The van der Waals surface area contributed by atoms with Crippen LogP contribution in [0.15, 0.2) is 41.0 Å². The zero-order chi connectivity index (χ0) is 15.2. The molecule has 2 aromatic rings. The molecule has 0 spiro atoms.